The van der Waals surface area contributed by atoms with E-state index in [-0.39, 0.29) is 23.8 Å². The Kier molecular flexibility index (Phi) is 5.60. The van der Waals surface area contributed by atoms with Crippen LogP contribution in [0, 0.1) is 11.7 Å². The van der Waals surface area contributed by atoms with Gasteiger partial charge in [0.2, 0.25) is 5.91 Å². The third-order valence-electron chi connectivity index (χ3n) is 8.47. The van der Waals surface area contributed by atoms with E-state index in [4.69, 9.17) is 4.74 Å². The van der Waals surface area contributed by atoms with Crippen LogP contribution in [0.5, 0.6) is 0 Å². The third kappa shape index (κ3) is 3.61. The molecule has 0 N–H and O–H groups in total. The maximum atomic E-state index is 15.0. The molecule has 4 nitrogen and oxygen atoms in total. The molecule has 3 aliphatic rings. The van der Waals surface area contributed by atoms with Crippen molar-refractivity contribution in [1.29, 1.82) is 0 Å². The number of piperidine rings is 1. The number of halogens is 1. The van der Waals surface area contributed by atoms with Crippen LogP contribution in [0.4, 0.5) is 4.39 Å². The van der Waals surface area contributed by atoms with E-state index in [1.54, 1.807) is 12.1 Å². The molecule has 2 aromatic carbocycles. The van der Waals surface area contributed by atoms with E-state index in [9.17, 15) is 9.18 Å². The second-order valence-electron chi connectivity index (χ2n) is 10.3. The average molecular weight is 459 g/mol. The first-order valence-electron chi connectivity index (χ1n) is 12.6. The summed E-state index contributed by atoms with van der Waals surface area (Å²) in [5, 5.41) is 2.46. The van der Waals surface area contributed by atoms with Crippen LogP contribution < -0.4 is 0 Å². The predicted molar refractivity (Wildman–Crippen MR) is 130 cm³/mol. The van der Waals surface area contributed by atoms with Crippen LogP contribution in [0.1, 0.15) is 49.7 Å². The molecule has 1 aromatic heterocycles. The highest BCUT2D eigenvalue weighted by atomic mass is 19.1. The Hall–Kier alpha value is -2.79. The molecule has 3 fully saturated rings. The number of nitrogens with zero attached hydrogens (tertiary/aromatic N) is 2. The highest BCUT2D eigenvalue weighted by Gasteiger charge is 2.52. The summed E-state index contributed by atoms with van der Waals surface area (Å²) in [5.74, 6) is 0.385. The van der Waals surface area contributed by atoms with Crippen molar-refractivity contribution >= 4 is 16.7 Å². The quantitative estimate of drug-likeness (QED) is 0.523. The smallest absolute Gasteiger partial charge is 0.234 e. The lowest BCUT2D eigenvalue weighted by Gasteiger charge is -2.46. The predicted octanol–water partition coefficient (Wildman–Crippen LogP) is 5.43. The summed E-state index contributed by atoms with van der Waals surface area (Å²) in [6.07, 6.45) is 10.1. The lowest BCUT2D eigenvalue weighted by Crippen LogP contribution is -2.56. The lowest BCUT2D eigenvalue weighted by atomic mass is 9.71. The maximum Gasteiger partial charge on any atom is 0.234 e. The number of benzene rings is 2. The van der Waals surface area contributed by atoms with E-state index in [1.807, 2.05) is 18.5 Å². The summed E-state index contributed by atoms with van der Waals surface area (Å²) in [6, 6.07) is 15.8. The van der Waals surface area contributed by atoms with Crippen molar-refractivity contribution in [2.24, 2.45) is 5.92 Å². The number of hydrogen-bond acceptors (Lipinski definition) is 3. The third-order valence-corrected chi connectivity index (χ3v) is 8.47. The molecule has 3 saturated heterocycles. The summed E-state index contributed by atoms with van der Waals surface area (Å²) in [4.78, 5) is 20.9. The molecule has 2 bridgehead atoms. The summed E-state index contributed by atoms with van der Waals surface area (Å²) < 4.78 is 20.6. The average Bonchev–Trinajstić information content (AvgIpc) is 3.14. The van der Waals surface area contributed by atoms with E-state index in [2.05, 4.69) is 34.1 Å². The number of pyridine rings is 1. The van der Waals surface area contributed by atoms with Crippen molar-refractivity contribution in [3.05, 3.63) is 77.9 Å². The fraction of sp³-hybridized carbons (Fsp3) is 0.448. The molecule has 2 unspecified atom stereocenters. The van der Waals surface area contributed by atoms with Gasteiger partial charge in [-0.3, -0.25) is 9.78 Å². The van der Waals surface area contributed by atoms with Gasteiger partial charge in [0.25, 0.3) is 0 Å². The van der Waals surface area contributed by atoms with Gasteiger partial charge in [0.1, 0.15) is 5.82 Å². The largest absolute Gasteiger partial charge is 0.381 e. The van der Waals surface area contributed by atoms with E-state index >= 15 is 0 Å². The second kappa shape index (κ2) is 8.77. The topological polar surface area (TPSA) is 42.4 Å². The molecule has 3 aliphatic heterocycles. The van der Waals surface area contributed by atoms with Gasteiger partial charge in [0, 0.05) is 48.6 Å². The molecule has 1 amide bonds. The first kappa shape index (κ1) is 21.7. The summed E-state index contributed by atoms with van der Waals surface area (Å²) in [6.45, 7) is 1.000. The fourth-order valence-electron chi connectivity index (χ4n) is 6.86. The Morgan fingerprint density at radius 3 is 2.47 bits per heavy atom. The van der Waals surface area contributed by atoms with Crippen LogP contribution in [0.15, 0.2) is 60.9 Å². The minimum atomic E-state index is -0.809. The van der Waals surface area contributed by atoms with Crippen LogP contribution in [0.3, 0.4) is 0 Å². The van der Waals surface area contributed by atoms with Crippen molar-refractivity contribution in [1.82, 2.24) is 9.88 Å². The summed E-state index contributed by atoms with van der Waals surface area (Å²) >= 11 is 0. The molecule has 2 atom stereocenters. The molecule has 0 saturated carbocycles. The molecule has 3 aromatic rings. The highest BCUT2D eigenvalue weighted by molar-refractivity contribution is 5.89. The van der Waals surface area contributed by atoms with Crippen molar-refractivity contribution < 1.29 is 13.9 Å². The second-order valence-corrected chi connectivity index (χ2v) is 10.3. The maximum absolute atomic E-state index is 15.0. The van der Waals surface area contributed by atoms with E-state index < -0.39 is 5.41 Å². The number of carbonyl (C=O) groups excluding carboxylic acids is 1. The van der Waals surface area contributed by atoms with Crippen LogP contribution in [0.2, 0.25) is 0 Å². The molecule has 34 heavy (non-hydrogen) atoms. The first-order chi connectivity index (χ1) is 16.7. The van der Waals surface area contributed by atoms with E-state index in [0.29, 0.717) is 37.5 Å². The van der Waals surface area contributed by atoms with Crippen molar-refractivity contribution in [2.75, 3.05) is 13.2 Å². The van der Waals surface area contributed by atoms with Gasteiger partial charge >= 0.3 is 0 Å². The molecule has 6 rings (SSSR count). The number of carbonyl (C=O) groups is 1. The Morgan fingerprint density at radius 2 is 1.71 bits per heavy atom. The minimum absolute atomic E-state index is 0.124. The number of amides is 1. The molecule has 4 heterocycles. The molecule has 0 aliphatic carbocycles. The zero-order chi connectivity index (χ0) is 23.1. The van der Waals surface area contributed by atoms with Gasteiger partial charge in [-0.1, -0.05) is 42.5 Å². The standard InChI is InChI=1S/C29H31FN2O2/c30-27-8-4-3-7-26(27)29(11-13-34-14-12-29)28(33)32-23-9-10-24(32)17-20(16-23)15-22-19-31-18-21-5-1-2-6-25(21)22/h1-8,18-20,23-24H,9-17H2. The van der Waals surface area contributed by atoms with Crippen LogP contribution >= 0.6 is 0 Å². The number of ether oxygens (including phenoxy) is 1. The normalized spacial score (nSPS) is 26.0. The minimum Gasteiger partial charge on any atom is -0.381 e. The number of hydrogen-bond donors (Lipinski definition) is 0. The zero-order valence-electron chi connectivity index (χ0n) is 19.5. The SMILES string of the molecule is O=C(N1C2CCC1CC(Cc1cncc3ccccc13)C2)C1(c2ccccc2F)CCOCC1. The number of rotatable bonds is 4. The van der Waals surface area contributed by atoms with Crippen molar-refractivity contribution in [3.63, 3.8) is 0 Å². The van der Waals surface area contributed by atoms with Crippen LogP contribution in [-0.4, -0.2) is 41.1 Å². The molecule has 0 radical (unpaired) electrons. The van der Waals surface area contributed by atoms with E-state index in [0.717, 1.165) is 32.1 Å². The van der Waals surface area contributed by atoms with Gasteiger partial charge in [-0.25, -0.2) is 4.39 Å². The number of aromatic nitrogens is 1. The van der Waals surface area contributed by atoms with E-state index in [1.165, 1.54) is 22.4 Å². The van der Waals surface area contributed by atoms with Crippen LogP contribution in [-0.2, 0) is 21.4 Å². The molecular weight excluding hydrogens is 427 g/mol. The molecule has 5 heteroatoms. The van der Waals surface area contributed by atoms with Gasteiger partial charge in [-0.15, -0.1) is 0 Å². The molecule has 176 valence electrons. The Balaban J connectivity index is 1.26. The summed E-state index contributed by atoms with van der Waals surface area (Å²) in [5.41, 5.74) is 1.04. The summed E-state index contributed by atoms with van der Waals surface area (Å²) in [7, 11) is 0. The molecule has 0 spiro atoms. The Morgan fingerprint density at radius 1 is 1.00 bits per heavy atom. The molecular formula is C29H31FN2O2. The lowest BCUT2D eigenvalue weighted by molar-refractivity contribution is -0.147. The fourth-order valence-corrected chi connectivity index (χ4v) is 6.86. The van der Waals surface area contributed by atoms with Crippen molar-refractivity contribution in [3.8, 4) is 0 Å². The van der Waals surface area contributed by atoms with Crippen molar-refractivity contribution in [2.45, 2.75) is 62.4 Å². The first-order valence-corrected chi connectivity index (χ1v) is 12.6. The van der Waals surface area contributed by atoms with Gasteiger partial charge in [0.05, 0.1) is 5.41 Å². The van der Waals surface area contributed by atoms with Crippen LogP contribution in [0.25, 0.3) is 10.8 Å². The Bertz CT molecular complexity index is 1190. The number of fused-ring (bicyclic) bond motifs is 3. The Labute approximate surface area is 200 Å². The zero-order valence-corrected chi connectivity index (χ0v) is 19.5. The van der Waals surface area contributed by atoms with Gasteiger partial charge in [-0.05, 0) is 67.9 Å². The van der Waals surface area contributed by atoms with Gasteiger partial charge in [-0.2, -0.15) is 0 Å². The monoisotopic (exact) mass is 458 g/mol. The highest BCUT2D eigenvalue weighted by Crippen LogP contribution is 2.46. The van der Waals surface area contributed by atoms with Gasteiger partial charge in [0.15, 0.2) is 0 Å². The van der Waals surface area contributed by atoms with Gasteiger partial charge < -0.3 is 9.64 Å².